The second-order valence-electron chi connectivity index (χ2n) is 5.90. The molecule has 0 fully saturated rings. The van der Waals surface area contributed by atoms with Crippen LogP contribution in [0.2, 0.25) is 10.0 Å². The number of carbonyl (C=O) groups is 2. The van der Waals surface area contributed by atoms with E-state index < -0.39 is 0 Å². The van der Waals surface area contributed by atoms with E-state index in [0.717, 1.165) is 0 Å². The number of halogens is 2. The van der Waals surface area contributed by atoms with Gasteiger partial charge >= 0.3 is 0 Å². The molecule has 0 aliphatic rings. The minimum atomic E-state index is -0.274. The van der Waals surface area contributed by atoms with Crippen LogP contribution in [0.5, 0.6) is 0 Å². The summed E-state index contributed by atoms with van der Waals surface area (Å²) in [4.78, 5) is 24.1. The molecule has 1 aromatic heterocycles. The van der Waals surface area contributed by atoms with E-state index in [1.807, 2.05) is 0 Å². The third-order valence-electron chi connectivity index (χ3n) is 3.86. The molecule has 2 amide bonds. The molecule has 0 aliphatic heterocycles. The van der Waals surface area contributed by atoms with Gasteiger partial charge in [-0.15, -0.1) is 10.2 Å². The van der Waals surface area contributed by atoms with Gasteiger partial charge in [-0.3, -0.25) is 9.59 Å². The molecule has 0 radical (unpaired) electrons. The van der Waals surface area contributed by atoms with Crippen molar-refractivity contribution in [2.75, 3.05) is 18.9 Å². The second-order valence-corrected chi connectivity index (χ2v) is 7.81. The monoisotopic (exact) mass is 449 g/mol. The van der Waals surface area contributed by atoms with Crippen LogP contribution < -0.4 is 16.0 Å². The number of anilines is 1. The molecule has 3 N–H and O–H groups in total. The minimum absolute atomic E-state index is 0.0505. The summed E-state index contributed by atoms with van der Waals surface area (Å²) in [6.07, 6.45) is 0. The molecule has 1 heterocycles. The quantitative estimate of drug-likeness (QED) is 0.511. The zero-order chi connectivity index (χ0) is 20.8. The molecule has 10 heteroatoms. The number of benzene rings is 2. The zero-order valence-corrected chi connectivity index (χ0v) is 17.7. The summed E-state index contributed by atoms with van der Waals surface area (Å²) in [5.41, 5.74) is 1.56. The Labute approximate surface area is 181 Å². The number of para-hydroxylation sites is 1. The van der Waals surface area contributed by atoms with Crippen LogP contribution in [-0.4, -0.2) is 35.6 Å². The van der Waals surface area contributed by atoms with Gasteiger partial charge in [-0.05, 0) is 30.3 Å². The largest absolute Gasteiger partial charge is 0.355 e. The summed E-state index contributed by atoms with van der Waals surface area (Å²) >= 11 is 13.6. The molecular weight excluding hydrogens is 433 g/mol. The highest BCUT2D eigenvalue weighted by atomic mass is 35.5. The average molecular weight is 450 g/mol. The maximum Gasteiger partial charge on any atom is 0.253 e. The number of hydrogen-bond acceptors (Lipinski definition) is 6. The number of hydrogen-bond donors (Lipinski definition) is 3. The molecule has 0 atom stereocenters. The Bertz CT molecular complexity index is 1040. The molecule has 7 nitrogen and oxygen atoms in total. The van der Waals surface area contributed by atoms with E-state index in [1.165, 1.54) is 18.4 Å². The molecule has 29 heavy (non-hydrogen) atoms. The van der Waals surface area contributed by atoms with Crippen molar-refractivity contribution in [3.63, 3.8) is 0 Å². The van der Waals surface area contributed by atoms with Crippen molar-refractivity contribution in [1.82, 2.24) is 20.8 Å². The Morgan fingerprint density at radius 3 is 2.69 bits per heavy atom. The predicted octanol–water partition coefficient (Wildman–Crippen LogP) is 3.60. The smallest absolute Gasteiger partial charge is 0.253 e. The third-order valence-corrected chi connectivity index (χ3v) is 5.38. The highest BCUT2D eigenvalue weighted by Gasteiger charge is 2.13. The number of amides is 2. The van der Waals surface area contributed by atoms with Crippen molar-refractivity contribution in [2.45, 2.75) is 6.54 Å². The van der Waals surface area contributed by atoms with Crippen LogP contribution in [0.25, 0.3) is 10.6 Å². The highest BCUT2D eigenvalue weighted by Crippen LogP contribution is 2.32. The van der Waals surface area contributed by atoms with Gasteiger partial charge in [-0.2, -0.15) is 0 Å². The SMILES string of the molecule is CNC(=O)c1ccccc1NC(=O)CNCc1nnc(-c2cc(Cl)ccc2Cl)s1. The lowest BCUT2D eigenvalue weighted by Gasteiger charge is -2.10. The number of aromatic nitrogens is 2. The molecule has 0 spiro atoms. The fourth-order valence-corrected chi connectivity index (χ4v) is 3.77. The van der Waals surface area contributed by atoms with Crippen LogP contribution >= 0.6 is 34.5 Å². The molecule has 0 bridgehead atoms. The lowest BCUT2D eigenvalue weighted by molar-refractivity contribution is -0.115. The second kappa shape index (κ2) is 9.80. The summed E-state index contributed by atoms with van der Waals surface area (Å²) in [6.45, 7) is 0.412. The van der Waals surface area contributed by atoms with Gasteiger partial charge in [0.2, 0.25) is 5.91 Å². The average Bonchev–Trinajstić information content (AvgIpc) is 3.18. The molecule has 3 aromatic rings. The highest BCUT2D eigenvalue weighted by molar-refractivity contribution is 7.14. The van der Waals surface area contributed by atoms with Gasteiger partial charge in [-0.25, -0.2) is 0 Å². The normalized spacial score (nSPS) is 10.6. The van der Waals surface area contributed by atoms with Gasteiger partial charge in [0.1, 0.15) is 10.0 Å². The fraction of sp³-hybridized carbons (Fsp3) is 0.158. The van der Waals surface area contributed by atoms with Crippen molar-refractivity contribution in [3.05, 3.63) is 63.1 Å². The maximum absolute atomic E-state index is 12.2. The van der Waals surface area contributed by atoms with Crippen molar-refractivity contribution < 1.29 is 9.59 Å². The van der Waals surface area contributed by atoms with Gasteiger partial charge in [0.05, 0.1) is 29.4 Å². The molecule has 0 unspecified atom stereocenters. The molecule has 3 rings (SSSR count). The van der Waals surface area contributed by atoms with Crippen molar-refractivity contribution >= 4 is 52.0 Å². The van der Waals surface area contributed by atoms with Crippen molar-refractivity contribution in [3.8, 4) is 10.6 Å². The molecule has 150 valence electrons. The third kappa shape index (κ3) is 5.51. The van der Waals surface area contributed by atoms with E-state index in [0.29, 0.717) is 43.4 Å². The van der Waals surface area contributed by atoms with Gasteiger partial charge < -0.3 is 16.0 Å². The van der Waals surface area contributed by atoms with Crippen molar-refractivity contribution in [1.29, 1.82) is 0 Å². The van der Waals surface area contributed by atoms with E-state index in [4.69, 9.17) is 23.2 Å². The Kier molecular flexibility index (Phi) is 7.16. The molecule has 0 saturated carbocycles. The van der Waals surface area contributed by atoms with Crippen LogP contribution in [0, 0.1) is 0 Å². The summed E-state index contributed by atoms with van der Waals surface area (Å²) in [5.74, 6) is -0.543. The number of nitrogens with zero attached hydrogens (tertiary/aromatic N) is 2. The van der Waals surface area contributed by atoms with E-state index >= 15 is 0 Å². The topological polar surface area (TPSA) is 96.0 Å². The Balaban J connectivity index is 1.56. The lowest BCUT2D eigenvalue weighted by atomic mass is 10.1. The molecule has 0 aliphatic carbocycles. The fourth-order valence-electron chi connectivity index (χ4n) is 2.50. The van der Waals surface area contributed by atoms with Crippen LogP contribution in [-0.2, 0) is 11.3 Å². The minimum Gasteiger partial charge on any atom is -0.355 e. The number of rotatable bonds is 7. The van der Waals surface area contributed by atoms with Crippen LogP contribution in [0.15, 0.2) is 42.5 Å². The van der Waals surface area contributed by atoms with E-state index in [1.54, 1.807) is 42.5 Å². The van der Waals surface area contributed by atoms with Gasteiger partial charge in [0.15, 0.2) is 0 Å². The van der Waals surface area contributed by atoms with Gasteiger partial charge in [-0.1, -0.05) is 46.7 Å². The maximum atomic E-state index is 12.2. The zero-order valence-electron chi connectivity index (χ0n) is 15.3. The first-order valence-electron chi connectivity index (χ1n) is 8.57. The van der Waals surface area contributed by atoms with Gasteiger partial charge in [0, 0.05) is 17.6 Å². The summed E-state index contributed by atoms with van der Waals surface area (Å²) in [6, 6.07) is 12.0. The van der Waals surface area contributed by atoms with Crippen molar-refractivity contribution in [2.24, 2.45) is 0 Å². The molecule has 2 aromatic carbocycles. The first kappa shape index (κ1) is 21.2. The molecular formula is C19H17Cl2N5O2S. The van der Waals surface area contributed by atoms with E-state index in [-0.39, 0.29) is 18.4 Å². The lowest BCUT2D eigenvalue weighted by Crippen LogP contribution is -2.29. The van der Waals surface area contributed by atoms with Crippen LogP contribution in [0.1, 0.15) is 15.4 Å². The van der Waals surface area contributed by atoms with Crippen LogP contribution in [0.3, 0.4) is 0 Å². The summed E-state index contributed by atoms with van der Waals surface area (Å²) < 4.78 is 0. The standard InChI is InChI=1S/C19H17Cl2N5O2S/c1-22-18(28)12-4-2-3-5-15(12)24-16(27)9-23-10-17-25-26-19(29-17)13-8-11(20)6-7-14(13)21/h2-8,23H,9-10H2,1H3,(H,22,28)(H,24,27). The Morgan fingerprint density at radius 2 is 1.90 bits per heavy atom. The van der Waals surface area contributed by atoms with Crippen LogP contribution in [0.4, 0.5) is 5.69 Å². The summed E-state index contributed by atoms with van der Waals surface area (Å²) in [7, 11) is 1.54. The first-order valence-corrected chi connectivity index (χ1v) is 10.1. The number of nitrogens with one attached hydrogen (secondary N) is 3. The Hall–Kier alpha value is -2.52. The predicted molar refractivity (Wildman–Crippen MR) is 116 cm³/mol. The van der Waals surface area contributed by atoms with E-state index in [9.17, 15) is 9.59 Å². The van der Waals surface area contributed by atoms with Gasteiger partial charge in [0.25, 0.3) is 5.91 Å². The number of carbonyl (C=O) groups excluding carboxylic acids is 2. The van der Waals surface area contributed by atoms with E-state index in [2.05, 4.69) is 26.1 Å². The first-order chi connectivity index (χ1) is 14.0. The summed E-state index contributed by atoms with van der Waals surface area (Å²) in [5, 5.41) is 19.0. The Morgan fingerprint density at radius 1 is 1.10 bits per heavy atom. The molecule has 0 saturated heterocycles.